The molecular formula is C18H20ClN3O3. The molecule has 0 heterocycles. The van der Waals surface area contributed by atoms with Crippen LogP contribution in [0.25, 0.3) is 0 Å². The van der Waals surface area contributed by atoms with E-state index in [1.54, 1.807) is 23.1 Å². The number of carbonyl (C=O) groups excluding carboxylic acids is 1. The first-order chi connectivity index (χ1) is 11.6. The van der Waals surface area contributed by atoms with Crippen molar-refractivity contribution in [3.8, 4) is 0 Å². The third kappa shape index (κ3) is 4.35. The van der Waals surface area contributed by atoms with Crippen LogP contribution in [0.3, 0.4) is 0 Å². The fraction of sp³-hybridized carbons (Fsp3) is 0.278. The highest BCUT2D eigenvalue weighted by Gasteiger charge is 2.36. The maximum atomic E-state index is 12.8. The molecule has 2 aromatic rings. The van der Waals surface area contributed by atoms with Gasteiger partial charge in [0.25, 0.3) is 5.69 Å². The first kappa shape index (κ1) is 18.9. The molecule has 0 aliphatic heterocycles. The summed E-state index contributed by atoms with van der Waals surface area (Å²) in [6.45, 7) is 0.210. The van der Waals surface area contributed by atoms with Gasteiger partial charge in [-0.1, -0.05) is 48.5 Å². The summed E-state index contributed by atoms with van der Waals surface area (Å²) in [5, 5.41) is 11.2. The number of nitrogens with two attached hydrogens (primary N) is 1. The molecule has 1 amide bonds. The predicted molar refractivity (Wildman–Crippen MR) is 97.3 cm³/mol. The second kappa shape index (κ2) is 8.09. The van der Waals surface area contributed by atoms with Crippen LogP contribution < -0.4 is 5.73 Å². The molecule has 1 aliphatic carbocycles. The van der Waals surface area contributed by atoms with E-state index in [-0.39, 0.29) is 36.6 Å². The Morgan fingerprint density at radius 3 is 2.36 bits per heavy atom. The summed E-state index contributed by atoms with van der Waals surface area (Å²) in [5.74, 6) is -0.193. The average molecular weight is 362 g/mol. The number of carbonyl (C=O) groups is 1. The standard InChI is InChI=1S/C18H19N3O3.ClH/c19-17(13-6-2-1-3-7-13)18(22)20(15-10-11-15)12-14-8-4-5-9-16(14)21(23)24;/h1-9,15,17H,10-12,19H2;1H. The van der Waals surface area contributed by atoms with Gasteiger partial charge in [0, 0.05) is 17.7 Å². The molecule has 1 aliphatic rings. The fourth-order valence-corrected chi connectivity index (χ4v) is 2.76. The molecule has 25 heavy (non-hydrogen) atoms. The lowest BCUT2D eigenvalue weighted by atomic mass is 10.1. The van der Waals surface area contributed by atoms with Gasteiger partial charge in [-0.3, -0.25) is 14.9 Å². The zero-order valence-electron chi connectivity index (χ0n) is 13.6. The minimum atomic E-state index is -0.755. The molecule has 132 valence electrons. The third-order valence-electron chi connectivity index (χ3n) is 4.22. The number of benzene rings is 2. The second-order valence-electron chi connectivity index (χ2n) is 5.97. The summed E-state index contributed by atoms with van der Waals surface area (Å²) in [4.78, 5) is 25.3. The topological polar surface area (TPSA) is 89.5 Å². The SMILES string of the molecule is Cl.NC(C(=O)N(Cc1ccccc1[N+](=O)[O-])C1CC1)c1ccccc1. The molecule has 2 aromatic carbocycles. The number of hydrogen-bond donors (Lipinski definition) is 1. The lowest BCUT2D eigenvalue weighted by Gasteiger charge is -2.26. The number of hydrogen-bond acceptors (Lipinski definition) is 4. The minimum absolute atomic E-state index is 0. The summed E-state index contributed by atoms with van der Waals surface area (Å²) in [6, 6.07) is 15.1. The van der Waals surface area contributed by atoms with Crippen LogP contribution in [0.15, 0.2) is 54.6 Å². The number of nitro groups is 1. The van der Waals surface area contributed by atoms with Crippen molar-refractivity contribution < 1.29 is 9.72 Å². The third-order valence-corrected chi connectivity index (χ3v) is 4.22. The molecule has 0 radical (unpaired) electrons. The van der Waals surface area contributed by atoms with Gasteiger partial charge in [0.2, 0.25) is 5.91 Å². The van der Waals surface area contributed by atoms with E-state index >= 15 is 0 Å². The maximum Gasteiger partial charge on any atom is 0.274 e. The number of halogens is 1. The Kier molecular flexibility index (Phi) is 6.12. The number of amides is 1. The van der Waals surface area contributed by atoms with Crippen molar-refractivity contribution in [3.05, 3.63) is 75.8 Å². The Labute approximate surface area is 152 Å². The van der Waals surface area contributed by atoms with Crippen LogP contribution in [-0.2, 0) is 11.3 Å². The maximum absolute atomic E-state index is 12.8. The Morgan fingerprint density at radius 2 is 1.76 bits per heavy atom. The van der Waals surface area contributed by atoms with Gasteiger partial charge in [-0.15, -0.1) is 12.4 Å². The summed E-state index contributed by atoms with van der Waals surface area (Å²) >= 11 is 0. The molecule has 0 saturated heterocycles. The molecule has 7 heteroatoms. The van der Waals surface area contributed by atoms with Gasteiger partial charge >= 0.3 is 0 Å². The zero-order chi connectivity index (χ0) is 17.1. The quantitative estimate of drug-likeness (QED) is 0.632. The molecule has 1 saturated carbocycles. The van der Waals surface area contributed by atoms with Crippen LogP contribution >= 0.6 is 12.4 Å². The number of rotatable bonds is 6. The largest absolute Gasteiger partial charge is 0.333 e. The normalized spacial score (nSPS) is 14.3. The van der Waals surface area contributed by atoms with E-state index in [1.165, 1.54) is 6.07 Å². The van der Waals surface area contributed by atoms with Crippen molar-refractivity contribution in [1.29, 1.82) is 0 Å². The highest BCUT2D eigenvalue weighted by Crippen LogP contribution is 2.32. The van der Waals surface area contributed by atoms with E-state index in [0.29, 0.717) is 5.56 Å². The van der Waals surface area contributed by atoms with Gasteiger partial charge in [-0.25, -0.2) is 0 Å². The highest BCUT2D eigenvalue weighted by molar-refractivity contribution is 5.85. The lowest BCUT2D eigenvalue weighted by molar-refractivity contribution is -0.385. The van der Waals surface area contributed by atoms with Gasteiger partial charge < -0.3 is 10.6 Å². The first-order valence-corrected chi connectivity index (χ1v) is 7.91. The van der Waals surface area contributed by atoms with Gasteiger partial charge in [-0.05, 0) is 18.4 Å². The Hall–Kier alpha value is -2.44. The van der Waals surface area contributed by atoms with Crippen molar-refractivity contribution in [1.82, 2.24) is 4.90 Å². The molecule has 1 atom stereocenters. The molecule has 0 spiro atoms. The fourth-order valence-electron chi connectivity index (χ4n) is 2.76. The lowest BCUT2D eigenvalue weighted by Crippen LogP contribution is -2.39. The van der Waals surface area contributed by atoms with Crippen molar-refractivity contribution in [2.75, 3.05) is 0 Å². The average Bonchev–Trinajstić information content (AvgIpc) is 3.44. The summed E-state index contributed by atoms with van der Waals surface area (Å²) in [6.07, 6.45) is 1.82. The van der Waals surface area contributed by atoms with E-state index in [2.05, 4.69) is 0 Å². The van der Waals surface area contributed by atoms with E-state index in [1.807, 2.05) is 30.3 Å². The van der Waals surface area contributed by atoms with Crippen LogP contribution in [0.5, 0.6) is 0 Å². The smallest absolute Gasteiger partial charge is 0.274 e. The van der Waals surface area contributed by atoms with Gasteiger partial charge in [0.15, 0.2) is 0 Å². The van der Waals surface area contributed by atoms with Crippen LogP contribution in [0.1, 0.15) is 30.0 Å². The van der Waals surface area contributed by atoms with Crippen molar-refractivity contribution >= 4 is 24.0 Å². The van der Waals surface area contributed by atoms with Gasteiger partial charge in [-0.2, -0.15) is 0 Å². The molecule has 2 N–H and O–H groups in total. The van der Waals surface area contributed by atoms with Gasteiger partial charge in [0.05, 0.1) is 11.5 Å². The second-order valence-corrected chi connectivity index (χ2v) is 5.97. The molecule has 1 unspecified atom stereocenters. The molecule has 1 fully saturated rings. The summed E-state index contributed by atoms with van der Waals surface area (Å²) < 4.78 is 0. The molecule has 3 rings (SSSR count). The number of para-hydroxylation sites is 1. The van der Waals surface area contributed by atoms with E-state index < -0.39 is 11.0 Å². The Balaban J connectivity index is 0.00000225. The monoisotopic (exact) mass is 361 g/mol. The van der Waals surface area contributed by atoms with Crippen LogP contribution in [0, 0.1) is 10.1 Å². The van der Waals surface area contributed by atoms with Crippen LogP contribution in [-0.4, -0.2) is 21.8 Å². The zero-order valence-corrected chi connectivity index (χ0v) is 14.4. The Bertz CT molecular complexity index is 750. The van der Waals surface area contributed by atoms with E-state index in [9.17, 15) is 14.9 Å². The molecule has 6 nitrogen and oxygen atoms in total. The predicted octanol–water partition coefficient (Wildman–Crippen LogP) is 3.21. The van der Waals surface area contributed by atoms with E-state index in [0.717, 1.165) is 18.4 Å². The Morgan fingerprint density at radius 1 is 1.16 bits per heavy atom. The van der Waals surface area contributed by atoms with Crippen molar-refractivity contribution in [2.45, 2.75) is 31.5 Å². The molecule has 0 bridgehead atoms. The van der Waals surface area contributed by atoms with Crippen LogP contribution in [0.4, 0.5) is 5.69 Å². The van der Waals surface area contributed by atoms with E-state index in [4.69, 9.17) is 5.73 Å². The van der Waals surface area contributed by atoms with Crippen molar-refractivity contribution in [2.24, 2.45) is 5.73 Å². The van der Waals surface area contributed by atoms with Crippen molar-refractivity contribution in [3.63, 3.8) is 0 Å². The highest BCUT2D eigenvalue weighted by atomic mass is 35.5. The molecule has 0 aromatic heterocycles. The van der Waals surface area contributed by atoms with Crippen LogP contribution in [0.2, 0.25) is 0 Å². The number of nitro benzene ring substituents is 1. The van der Waals surface area contributed by atoms with Gasteiger partial charge in [0.1, 0.15) is 6.04 Å². The summed E-state index contributed by atoms with van der Waals surface area (Å²) in [5.41, 5.74) is 7.44. The minimum Gasteiger partial charge on any atom is -0.333 e. The number of nitrogens with zero attached hydrogens (tertiary/aromatic N) is 2. The first-order valence-electron chi connectivity index (χ1n) is 7.91. The summed E-state index contributed by atoms with van der Waals surface area (Å²) in [7, 11) is 0. The molecular weight excluding hydrogens is 342 g/mol.